The van der Waals surface area contributed by atoms with E-state index < -0.39 is 6.67 Å². The summed E-state index contributed by atoms with van der Waals surface area (Å²) in [4.78, 5) is 13.0. The molecule has 1 saturated carbocycles. The van der Waals surface area contributed by atoms with Crippen LogP contribution in [0.2, 0.25) is 0 Å². The lowest BCUT2D eigenvalue weighted by Crippen LogP contribution is -2.08. The number of H-pyrrole nitrogens is 1. The minimum atomic E-state index is -0.453. The van der Waals surface area contributed by atoms with Crippen LogP contribution < -0.4 is 4.74 Å². The third-order valence-corrected chi connectivity index (χ3v) is 6.78. The van der Waals surface area contributed by atoms with E-state index in [1.807, 2.05) is 26.8 Å². The first-order valence-corrected chi connectivity index (χ1v) is 11.9. The van der Waals surface area contributed by atoms with Crippen molar-refractivity contribution in [3.8, 4) is 16.9 Å². The van der Waals surface area contributed by atoms with Crippen molar-refractivity contribution in [3.05, 3.63) is 52.6 Å². The van der Waals surface area contributed by atoms with Gasteiger partial charge in [-0.3, -0.25) is 4.68 Å². The normalized spacial score (nSPS) is 13.9. The van der Waals surface area contributed by atoms with E-state index in [0.717, 1.165) is 80.2 Å². The smallest absolute Gasteiger partial charge is 0.142 e. The number of rotatable bonds is 7. The van der Waals surface area contributed by atoms with Gasteiger partial charge >= 0.3 is 0 Å². The SMILES string of the molecule is COc1cc2c(cc1-c1c(C)noc1C)[nH]c1nc(C)nc(Cc3cc(C4CC4)nn3CCF)c12. The first-order chi connectivity index (χ1) is 17.0. The largest absolute Gasteiger partial charge is 0.496 e. The van der Waals surface area contributed by atoms with Gasteiger partial charge in [0.25, 0.3) is 0 Å². The van der Waals surface area contributed by atoms with Crippen LogP contribution in [0.15, 0.2) is 22.7 Å². The van der Waals surface area contributed by atoms with E-state index in [1.165, 1.54) is 0 Å². The van der Waals surface area contributed by atoms with Crippen molar-refractivity contribution in [2.75, 3.05) is 13.8 Å². The van der Waals surface area contributed by atoms with Crippen molar-refractivity contribution in [3.63, 3.8) is 0 Å². The van der Waals surface area contributed by atoms with Crippen molar-refractivity contribution in [2.45, 2.75) is 52.5 Å². The molecular formula is C26H27FN6O2. The Morgan fingerprint density at radius 2 is 2.00 bits per heavy atom. The van der Waals surface area contributed by atoms with Gasteiger partial charge in [0.05, 0.1) is 36.3 Å². The summed E-state index contributed by atoms with van der Waals surface area (Å²) in [6.45, 7) is 5.50. The minimum Gasteiger partial charge on any atom is -0.496 e. The standard InChI is InChI=1S/C26H27FN6O2/c1-13-24(14(2)35-32-13)19-11-21-18(12-23(19)34-4)25-22(28-15(3)29-26(25)30-21)10-17-9-20(16-5-6-16)31-33(17)8-7-27/h9,11-12,16H,5-8,10H2,1-4H3,(H,28,29,30). The quantitative estimate of drug-likeness (QED) is 0.342. The molecule has 4 aromatic heterocycles. The maximum atomic E-state index is 13.3. The van der Waals surface area contributed by atoms with E-state index in [-0.39, 0.29) is 6.54 Å². The topological polar surface area (TPSA) is 94.7 Å². The molecule has 180 valence electrons. The highest BCUT2D eigenvalue weighted by molar-refractivity contribution is 6.09. The predicted molar refractivity (Wildman–Crippen MR) is 131 cm³/mol. The van der Waals surface area contributed by atoms with Gasteiger partial charge in [-0.05, 0) is 51.8 Å². The van der Waals surface area contributed by atoms with E-state index in [2.05, 4.69) is 32.4 Å². The van der Waals surface area contributed by atoms with E-state index in [1.54, 1.807) is 11.8 Å². The van der Waals surface area contributed by atoms with Crippen molar-refractivity contribution in [2.24, 2.45) is 0 Å². The molecule has 6 rings (SSSR count). The summed E-state index contributed by atoms with van der Waals surface area (Å²) in [5, 5.41) is 10.7. The molecule has 35 heavy (non-hydrogen) atoms. The monoisotopic (exact) mass is 474 g/mol. The molecule has 0 bridgehead atoms. The minimum absolute atomic E-state index is 0.248. The molecule has 1 aliphatic rings. The van der Waals surface area contributed by atoms with Crippen molar-refractivity contribution in [1.82, 2.24) is 29.9 Å². The number of hydrogen-bond acceptors (Lipinski definition) is 6. The predicted octanol–water partition coefficient (Wildman–Crippen LogP) is 5.33. The molecule has 1 aromatic carbocycles. The zero-order chi connectivity index (χ0) is 24.3. The summed E-state index contributed by atoms with van der Waals surface area (Å²) in [6, 6.07) is 6.19. The molecule has 0 saturated heterocycles. The van der Waals surface area contributed by atoms with Gasteiger partial charge in [-0.2, -0.15) is 5.10 Å². The molecule has 1 aliphatic carbocycles. The Kier molecular flexibility index (Phi) is 5.09. The third kappa shape index (κ3) is 3.66. The molecule has 1 fully saturated rings. The van der Waals surface area contributed by atoms with E-state index in [9.17, 15) is 4.39 Å². The number of alkyl halides is 1. The summed E-state index contributed by atoms with van der Waals surface area (Å²) < 4.78 is 26.3. The van der Waals surface area contributed by atoms with Gasteiger partial charge in [0.1, 0.15) is 29.7 Å². The van der Waals surface area contributed by atoms with Crippen molar-refractivity contribution < 1.29 is 13.7 Å². The molecule has 0 radical (unpaired) electrons. The van der Waals surface area contributed by atoms with Crippen LogP contribution in [0.1, 0.15) is 53.1 Å². The van der Waals surface area contributed by atoms with Crippen LogP contribution in [-0.4, -0.2) is 43.7 Å². The number of nitrogens with zero attached hydrogens (tertiary/aromatic N) is 5. The number of ether oxygens (including phenoxy) is 1. The van der Waals surface area contributed by atoms with Crippen LogP contribution in [0, 0.1) is 20.8 Å². The maximum absolute atomic E-state index is 13.3. The first kappa shape index (κ1) is 21.8. The van der Waals surface area contributed by atoms with Gasteiger partial charge in [0.15, 0.2) is 0 Å². The number of aryl methyl sites for hydroxylation is 4. The molecule has 0 unspecified atom stereocenters. The molecule has 0 amide bonds. The highest BCUT2D eigenvalue weighted by atomic mass is 19.1. The fourth-order valence-electron chi connectivity index (χ4n) is 5.03. The summed E-state index contributed by atoms with van der Waals surface area (Å²) in [6.07, 6.45) is 2.85. The summed E-state index contributed by atoms with van der Waals surface area (Å²) in [5.74, 6) is 2.63. The number of aromatic nitrogens is 6. The lowest BCUT2D eigenvalue weighted by molar-refractivity contribution is 0.393. The molecule has 0 atom stereocenters. The average Bonchev–Trinajstić information content (AvgIpc) is 3.40. The molecule has 4 heterocycles. The van der Waals surface area contributed by atoms with Gasteiger partial charge in [-0.25, -0.2) is 14.4 Å². The van der Waals surface area contributed by atoms with E-state index >= 15 is 0 Å². The Morgan fingerprint density at radius 3 is 2.69 bits per heavy atom. The number of nitrogens with one attached hydrogen (secondary N) is 1. The van der Waals surface area contributed by atoms with E-state index in [4.69, 9.17) is 14.2 Å². The Hall–Kier alpha value is -3.75. The molecule has 9 heteroatoms. The van der Waals surface area contributed by atoms with E-state index in [0.29, 0.717) is 18.2 Å². The van der Waals surface area contributed by atoms with Gasteiger partial charge in [0.2, 0.25) is 0 Å². The number of hydrogen-bond donors (Lipinski definition) is 1. The lowest BCUT2D eigenvalue weighted by Gasteiger charge is -2.10. The van der Waals surface area contributed by atoms with Gasteiger partial charge in [-0.15, -0.1) is 0 Å². The fourth-order valence-corrected chi connectivity index (χ4v) is 5.03. The second kappa shape index (κ2) is 8.18. The van der Waals surface area contributed by atoms with Gasteiger partial charge in [-0.1, -0.05) is 5.16 Å². The zero-order valence-corrected chi connectivity index (χ0v) is 20.3. The zero-order valence-electron chi connectivity index (χ0n) is 20.3. The van der Waals surface area contributed by atoms with Crippen LogP contribution in [0.25, 0.3) is 33.1 Å². The Labute approximate surface area is 201 Å². The molecule has 8 nitrogen and oxygen atoms in total. The molecule has 1 N–H and O–H groups in total. The number of benzene rings is 1. The highest BCUT2D eigenvalue weighted by Crippen LogP contribution is 2.41. The van der Waals surface area contributed by atoms with Crippen LogP contribution in [-0.2, 0) is 13.0 Å². The molecule has 0 spiro atoms. The number of halogens is 1. The number of fused-ring (bicyclic) bond motifs is 3. The van der Waals surface area contributed by atoms with Crippen molar-refractivity contribution in [1.29, 1.82) is 0 Å². The molecular weight excluding hydrogens is 447 g/mol. The van der Waals surface area contributed by atoms with Crippen LogP contribution in [0.3, 0.4) is 0 Å². The van der Waals surface area contributed by atoms with Gasteiger partial charge < -0.3 is 14.2 Å². The van der Waals surface area contributed by atoms with Gasteiger partial charge in [0, 0.05) is 39.9 Å². The number of methoxy groups -OCH3 is 1. The Bertz CT molecular complexity index is 1560. The average molecular weight is 475 g/mol. The summed E-state index contributed by atoms with van der Waals surface area (Å²) in [7, 11) is 1.66. The first-order valence-electron chi connectivity index (χ1n) is 11.9. The second-order valence-electron chi connectivity index (χ2n) is 9.29. The lowest BCUT2D eigenvalue weighted by atomic mass is 10.00. The van der Waals surface area contributed by atoms with Crippen molar-refractivity contribution >= 4 is 21.9 Å². The fraction of sp³-hybridized carbons (Fsp3) is 0.385. The maximum Gasteiger partial charge on any atom is 0.142 e. The van der Waals surface area contributed by atoms with Crippen LogP contribution in [0.4, 0.5) is 4.39 Å². The molecule has 5 aromatic rings. The molecule has 0 aliphatic heterocycles. The van der Waals surface area contributed by atoms with Crippen LogP contribution >= 0.6 is 0 Å². The number of aromatic amines is 1. The second-order valence-corrected chi connectivity index (χ2v) is 9.29. The third-order valence-electron chi connectivity index (χ3n) is 6.78. The summed E-state index contributed by atoms with van der Waals surface area (Å²) >= 11 is 0. The van der Waals surface area contributed by atoms with Crippen LogP contribution in [0.5, 0.6) is 5.75 Å². The Morgan fingerprint density at radius 1 is 1.17 bits per heavy atom. The highest BCUT2D eigenvalue weighted by Gasteiger charge is 2.28. The summed E-state index contributed by atoms with van der Waals surface area (Å²) in [5.41, 5.74) is 7.23. The Balaban J connectivity index is 1.53.